The number of aliphatic hydroxyl groups excluding tert-OH is 8. The summed E-state index contributed by atoms with van der Waals surface area (Å²) in [6, 6.07) is -0.831. The van der Waals surface area contributed by atoms with E-state index in [1.54, 1.807) is 0 Å². The first-order chi connectivity index (χ1) is 48.6. The first-order valence-electron chi connectivity index (χ1n) is 41.7. The number of amides is 1. The predicted molar refractivity (Wildman–Crippen MR) is 410 cm³/mol. The van der Waals surface area contributed by atoms with Crippen LogP contribution < -0.4 is 5.32 Å². The topological polar surface area (TPSA) is 228 Å². The minimum Gasteiger partial charge on any atom is -0.394 e. The minimum atomic E-state index is -1.78. The van der Waals surface area contributed by atoms with E-state index in [0.717, 1.165) is 89.9 Å². The highest BCUT2D eigenvalue weighted by Crippen LogP contribution is 2.30. The zero-order chi connectivity index (χ0) is 71.5. The van der Waals surface area contributed by atoms with Gasteiger partial charge in [0.1, 0.15) is 48.8 Å². The molecule has 14 nitrogen and oxygen atoms in total. The number of hydrogen-bond acceptors (Lipinski definition) is 13. The van der Waals surface area contributed by atoms with Gasteiger partial charge in [0.2, 0.25) is 5.91 Å². The summed E-state index contributed by atoms with van der Waals surface area (Å²) >= 11 is 0. The lowest BCUT2D eigenvalue weighted by atomic mass is 9.97. The van der Waals surface area contributed by atoms with Crippen LogP contribution in [0.1, 0.15) is 367 Å². The molecule has 9 N–H and O–H groups in total. The zero-order valence-corrected chi connectivity index (χ0v) is 63.5. The number of nitrogens with one attached hydrogen (secondary N) is 1. The average molecular weight is 1400 g/mol. The van der Waals surface area contributed by atoms with Gasteiger partial charge in [-0.3, -0.25) is 4.79 Å². The molecule has 0 aromatic carbocycles. The lowest BCUT2D eigenvalue weighted by Gasteiger charge is -2.46. The molecule has 0 aliphatic carbocycles. The second-order valence-electron chi connectivity index (χ2n) is 29.2. The molecule has 2 heterocycles. The van der Waals surface area contributed by atoms with Gasteiger partial charge >= 0.3 is 0 Å². The largest absolute Gasteiger partial charge is 0.394 e. The molecule has 12 unspecified atom stereocenters. The summed E-state index contributed by atoms with van der Waals surface area (Å²) in [4.78, 5) is 13.4. The van der Waals surface area contributed by atoms with Gasteiger partial charge in [-0.25, -0.2) is 0 Å². The molecule has 2 aliphatic heterocycles. The van der Waals surface area contributed by atoms with E-state index in [1.807, 2.05) is 0 Å². The maximum atomic E-state index is 13.4. The molecule has 2 fully saturated rings. The zero-order valence-electron chi connectivity index (χ0n) is 63.5. The Bertz CT molecular complexity index is 1940. The smallest absolute Gasteiger partial charge is 0.220 e. The number of unbranched alkanes of at least 4 members (excludes halogenated alkanes) is 45. The highest BCUT2D eigenvalue weighted by Gasteiger charge is 2.51. The van der Waals surface area contributed by atoms with Gasteiger partial charge in [0.15, 0.2) is 12.6 Å². The van der Waals surface area contributed by atoms with Gasteiger partial charge in [0.05, 0.1) is 32.0 Å². The molecule has 0 bridgehead atoms. The second kappa shape index (κ2) is 68.5. The van der Waals surface area contributed by atoms with Crippen LogP contribution >= 0.6 is 0 Å². The van der Waals surface area contributed by atoms with Gasteiger partial charge in [-0.15, -0.1) is 0 Å². The minimum absolute atomic E-state index is 0.200. The van der Waals surface area contributed by atoms with Crippen molar-refractivity contribution in [2.24, 2.45) is 0 Å². The quantitative estimate of drug-likeness (QED) is 0.0204. The van der Waals surface area contributed by atoms with E-state index in [0.29, 0.717) is 12.8 Å². The number of carbonyl (C=O) groups excluding carboxylic acids is 1. The summed E-state index contributed by atoms with van der Waals surface area (Å²) in [6.45, 7) is 2.80. The molecular formula is C85H155NO13. The Morgan fingerprint density at radius 1 is 0.374 bits per heavy atom. The van der Waals surface area contributed by atoms with Crippen molar-refractivity contribution in [3.63, 3.8) is 0 Å². The number of ether oxygens (including phenoxy) is 4. The Balaban J connectivity index is 1.56. The van der Waals surface area contributed by atoms with E-state index in [2.05, 4.69) is 92.1 Å². The Morgan fingerprint density at radius 2 is 0.697 bits per heavy atom. The summed E-state index contributed by atoms with van der Waals surface area (Å²) in [7, 11) is 0. The van der Waals surface area contributed by atoms with Crippen LogP contribution in [0.3, 0.4) is 0 Å². The van der Waals surface area contributed by atoms with Crippen molar-refractivity contribution in [3.8, 4) is 0 Å². The maximum Gasteiger partial charge on any atom is 0.220 e. The first kappa shape index (κ1) is 92.5. The SMILES string of the molecule is CC/C=C\C/C=C\C/C=C\C/C=C\C/C=C\C/C=C\CCCCCCCCCCCCCCCCCCCCCCCCC(=O)NC(COC1OC(CO)C(OC2OC(CO)C(O)C(O)C2O)C(O)C1O)C(O)CCCCCCCCCCCCCCCCCCCCCCCCCC. The van der Waals surface area contributed by atoms with Crippen LogP contribution in [0.15, 0.2) is 72.9 Å². The average Bonchev–Trinajstić information content (AvgIpc) is 0.799. The molecule has 1 amide bonds. The first-order valence-corrected chi connectivity index (χ1v) is 41.7. The highest BCUT2D eigenvalue weighted by molar-refractivity contribution is 5.76. The van der Waals surface area contributed by atoms with Crippen molar-refractivity contribution in [2.45, 2.75) is 441 Å². The number of carbonyl (C=O) groups is 1. The lowest BCUT2D eigenvalue weighted by molar-refractivity contribution is -0.359. The summed E-state index contributed by atoms with van der Waals surface area (Å²) in [5.74, 6) is -0.200. The van der Waals surface area contributed by atoms with Crippen LogP contribution in [0.25, 0.3) is 0 Å². The predicted octanol–water partition coefficient (Wildman–Crippen LogP) is 19.3. The summed E-state index contributed by atoms with van der Waals surface area (Å²) < 4.78 is 23.0. The molecule has 14 heteroatoms. The van der Waals surface area contributed by atoms with Crippen LogP contribution in [0, 0.1) is 0 Å². The fourth-order valence-corrected chi connectivity index (χ4v) is 13.7. The van der Waals surface area contributed by atoms with Crippen molar-refractivity contribution in [1.29, 1.82) is 0 Å². The van der Waals surface area contributed by atoms with Crippen LogP contribution in [-0.2, 0) is 23.7 Å². The fraction of sp³-hybridized carbons (Fsp3) is 0.847. The van der Waals surface area contributed by atoms with Gasteiger partial charge in [0.25, 0.3) is 0 Å². The standard InChI is InChI=1S/C85H155NO13/c1-3-5-7-9-11-13-15-17-19-21-23-25-27-29-30-31-32-33-34-35-36-37-38-39-40-41-42-43-44-45-47-49-51-53-55-57-59-61-63-65-67-69-77(90)86-73(72-96-84-82(95)80(93)83(76(71-88)98-84)99-85-81(94)79(92)78(91)75(70-87)97-85)74(89)68-66-64-62-60-58-56-54-52-50-48-46-28-26-24-22-20-18-16-14-12-10-8-6-4-2/h5,7,11,13,17,19,23,25,29-30,32-33,73-76,78-85,87-89,91-95H,3-4,6,8-10,12,14-16,18,20-22,24,26-28,31,34-72H2,1-2H3,(H,86,90)/b7-5-,13-11-,19-17-,25-23-,30-29-,33-32-. The van der Waals surface area contributed by atoms with E-state index in [9.17, 15) is 45.6 Å². The van der Waals surface area contributed by atoms with Gasteiger partial charge < -0.3 is 65.1 Å². The molecule has 0 radical (unpaired) electrons. The van der Waals surface area contributed by atoms with E-state index >= 15 is 0 Å². The highest BCUT2D eigenvalue weighted by atomic mass is 16.7. The van der Waals surface area contributed by atoms with Crippen molar-refractivity contribution in [1.82, 2.24) is 5.32 Å². The molecule has 2 rings (SSSR count). The Hall–Kier alpha value is -2.57. The number of aliphatic hydroxyl groups is 8. The molecule has 0 aromatic rings. The van der Waals surface area contributed by atoms with Gasteiger partial charge in [-0.1, -0.05) is 369 Å². The second-order valence-corrected chi connectivity index (χ2v) is 29.2. The van der Waals surface area contributed by atoms with Crippen LogP contribution in [-0.4, -0.2) is 140 Å². The normalized spacial score (nSPS) is 22.3. The molecule has 0 aromatic heterocycles. The Morgan fingerprint density at radius 3 is 1.07 bits per heavy atom. The van der Waals surface area contributed by atoms with Gasteiger partial charge in [0, 0.05) is 6.42 Å². The lowest BCUT2D eigenvalue weighted by Crippen LogP contribution is -2.65. The summed E-state index contributed by atoms with van der Waals surface area (Å²) in [6.07, 6.45) is 78.1. The van der Waals surface area contributed by atoms with Crippen molar-refractivity contribution < 1.29 is 64.6 Å². The third-order valence-corrected chi connectivity index (χ3v) is 20.2. The van der Waals surface area contributed by atoms with E-state index in [1.165, 1.54) is 250 Å². The molecule has 0 saturated carbocycles. The fourth-order valence-electron chi connectivity index (χ4n) is 13.7. The maximum absolute atomic E-state index is 13.4. The number of hydrogen-bond donors (Lipinski definition) is 9. The van der Waals surface area contributed by atoms with E-state index < -0.39 is 86.8 Å². The third-order valence-electron chi connectivity index (χ3n) is 20.2. The number of rotatable bonds is 70. The monoisotopic (exact) mass is 1400 g/mol. The molecule has 2 saturated heterocycles. The van der Waals surface area contributed by atoms with Gasteiger partial charge in [-0.2, -0.15) is 0 Å². The van der Waals surface area contributed by atoms with E-state index in [4.69, 9.17) is 18.9 Å². The van der Waals surface area contributed by atoms with Gasteiger partial charge in [-0.05, 0) is 64.2 Å². The van der Waals surface area contributed by atoms with Crippen molar-refractivity contribution in [2.75, 3.05) is 19.8 Å². The van der Waals surface area contributed by atoms with Crippen molar-refractivity contribution in [3.05, 3.63) is 72.9 Å². The van der Waals surface area contributed by atoms with Crippen LogP contribution in [0.4, 0.5) is 0 Å². The molecule has 0 spiro atoms. The molecule has 578 valence electrons. The van der Waals surface area contributed by atoms with Crippen LogP contribution in [0.5, 0.6) is 0 Å². The molecule has 2 aliphatic rings. The van der Waals surface area contributed by atoms with Crippen molar-refractivity contribution >= 4 is 5.91 Å². The molecule has 12 atom stereocenters. The Kier molecular flexibility index (Phi) is 64.0. The summed E-state index contributed by atoms with van der Waals surface area (Å²) in [5, 5.41) is 87.9. The number of allylic oxidation sites excluding steroid dienone is 12. The molecular weight excluding hydrogens is 1240 g/mol. The van der Waals surface area contributed by atoms with E-state index in [-0.39, 0.29) is 12.5 Å². The third kappa shape index (κ3) is 51.3. The van der Waals surface area contributed by atoms with Crippen LogP contribution in [0.2, 0.25) is 0 Å². The molecule has 99 heavy (non-hydrogen) atoms. The Labute approximate surface area is 606 Å². The summed E-state index contributed by atoms with van der Waals surface area (Å²) in [5.41, 5.74) is 0.